The van der Waals surface area contributed by atoms with Crippen LogP contribution in [0.5, 0.6) is 0 Å². The van der Waals surface area contributed by atoms with Crippen molar-refractivity contribution in [2.24, 2.45) is 0 Å². The number of urea groups is 1. The van der Waals surface area contributed by atoms with Crippen LogP contribution >= 0.6 is 0 Å². The van der Waals surface area contributed by atoms with E-state index >= 15 is 0 Å². The Balaban J connectivity index is 3.03. The van der Waals surface area contributed by atoms with Crippen LogP contribution in [0.15, 0.2) is 0 Å². The van der Waals surface area contributed by atoms with Crippen LogP contribution in [-0.2, 0) is 9.53 Å². The summed E-state index contributed by atoms with van der Waals surface area (Å²) in [5.74, 6) is -8.23. The van der Waals surface area contributed by atoms with E-state index in [9.17, 15) is 49.1 Å². The molecule has 0 bridgehead atoms. The van der Waals surface area contributed by atoms with Crippen molar-refractivity contribution in [2.75, 3.05) is 6.61 Å². The molecule has 1 fully saturated rings. The quantitative estimate of drug-likeness (QED) is 0.762. The first-order valence-corrected chi connectivity index (χ1v) is 5.06. The number of halogens is 9. The predicted octanol–water partition coefficient (Wildman–Crippen LogP) is 1.64. The van der Waals surface area contributed by atoms with Gasteiger partial charge in [-0.15, -0.1) is 0 Å². The highest BCUT2D eigenvalue weighted by Gasteiger charge is 2.70. The second kappa shape index (κ2) is 5.17. The molecule has 0 aromatic rings. The summed E-state index contributed by atoms with van der Waals surface area (Å²) >= 11 is 0. The van der Waals surface area contributed by atoms with Gasteiger partial charge in [0.1, 0.15) is 6.61 Å². The third-order valence-electron chi connectivity index (χ3n) is 2.44. The van der Waals surface area contributed by atoms with Gasteiger partial charge in [-0.05, 0) is 0 Å². The number of carbonyl (C=O) groups is 2. The summed E-state index contributed by atoms with van der Waals surface area (Å²) in [4.78, 5) is 21.7. The molecule has 0 aromatic heterocycles. The van der Waals surface area contributed by atoms with Gasteiger partial charge in [-0.2, -0.15) is 35.1 Å². The van der Waals surface area contributed by atoms with Crippen molar-refractivity contribution in [1.29, 1.82) is 0 Å². The van der Waals surface area contributed by atoms with Gasteiger partial charge >= 0.3 is 30.0 Å². The lowest BCUT2D eigenvalue weighted by Crippen LogP contribution is -2.73. The Labute approximate surface area is 114 Å². The van der Waals surface area contributed by atoms with Crippen LogP contribution in [-0.4, -0.2) is 48.7 Å². The standard InChI is InChI=1S/C8H5F9N2O3/c9-5(10,7(12,13)14)1-22-3-6(11,8(15,16)17)2(20)18-4(21)19-3/h3H,1H2,(H2,18,19,20,21)/t3-,6-/m1/s1. The number of carbonyl (C=O) groups excluding carboxylic acids is 2. The maximum atomic E-state index is 13.8. The predicted molar refractivity (Wildman–Crippen MR) is 47.3 cm³/mol. The zero-order valence-corrected chi connectivity index (χ0v) is 9.91. The first-order chi connectivity index (χ1) is 9.63. The molecule has 5 nitrogen and oxygen atoms in total. The Kier molecular flexibility index (Phi) is 4.31. The van der Waals surface area contributed by atoms with Crippen molar-refractivity contribution < 1.29 is 53.8 Å². The third kappa shape index (κ3) is 3.05. The number of rotatable bonds is 3. The number of amides is 3. The highest BCUT2D eigenvalue weighted by atomic mass is 19.4. The zero-order valence-electron chi connectivity index (χ0n) is 9.91. The van der Waals surface area contributed by atoms with Gasteiger partial charge in [-0.25, -0.2) is 9.18 Å². The summed E-state index contributed by atoms with van der Waals surface area (Å²) in [5, 5.41) is 1.84. The fourth-order valence-corrected chi connectivity index (χ4v) is 1.27. The normalized spacial score (nSPS) is 27.4. The Morgan fingerprint density at radius 1 is 1.05 bits per heavy atom. The molecule has 14 heteroatoms. The van der Waals surface area contributed by atoms with E-state index in [0.717, 1.165) is 10.6 Å². The largest absolute Gasteiger partial charge is 0.455 e. The minimum Gasteiger partial charge on any atom is -0.347 e. The van der Waals surface area contributed by atoms with E-state index in [1.54, 1.807) is 0 Å². The lowest BCUT2D eigenvalue weighted by molar-refractivity contribution is -0.313. The highest BCUT2D eigenvalue weighted by Crippen LogP contribution is 2.41. The van der Waals surface area contributed by atoms with Crippen LogP contribution in [0.3, 0.4) is 0 Å². The van der Waals surface area contributed by atoms with Crippen LogP contribution < -0.4 is 10.6 Å². The number of hydrogen-bond acceptors (Lipinski definition) is 3. The Bertz CT molecular complexity index is 474. The molecule has 1 aliphatic heterocycles. The summed E-state index contributed by atoms with van der Waals surface area (Å²) in [6, 6.07) is -1.76. The molecule has 0 aromatic carbocycles. The van der Waals surface area contributed by atoms with E-state index < -0.39 is 48.7 Å². The first-order valence-electron chi connectivity index (χ1n) is 5.06. The number of ether oxygens (including phenoxy) is 1. The Morgan fingerprint density at radius 2 is 1.55 bits per heavy atom. The van der Waals surface area contributed by atoms with Crippen LogP contribution in [0.4, 0.5) is 44.3 Å². The number of imide groups is 1. The average Bonchev–Trinajstić information content (AvgIpc) is 2.28. The fraction of sp³-hybridized carbons (Fsp3) is 0.750. The molecule has 1 rings (SSSR count). The minimum absolute atomic E-state index is 0.860. The molecule has 1 heterocycles. The van der Waals surface area contributed by atoms with Gasteiger partial charge in [-0.3, -0.25) is 10.1 Å². The molecule has 0 radical (unpaired) electrons. The molecule has 0 spiro atoms. The second-order valence-electron chi connectivity index (χ2n) is 4.03. The van der Waals surface area contributed by atoms with Crippen LogP contribution in [0, 0.1) is 0 Å². The molecule has 2 N–H and O–H groups in total. The van der Waals surface area contributed by atoms with E-state index in [4.69, 9.17) is 0 Å². The Hall–Kier alpha value is -1.73. The summed E-state index contributed by atoms with van der Waals surface area (Å²) < 4.78 is 116. The van der Waals surface area contributed by atoms with E-state index in [-0.39, 0.29) is 0 Å². The molecule has 22 heavy (non-hydrogen) atoms. The topological polar surface area (TPSA) is 67.4 Å². The number of nitrogens with one attached hydrogen (secondary N) is 2. The van der Waals surface area contributed by atoms with E-state index in [1.807, 2.05) is 0 Å². The van der Waals surface area contributed by atoms with Crippen LogP contribution in [0.2, 0.25) is 0 Å². The summed E-state index contributed by atoms with van der Waals surface area (Å²) in [5.41, 5.74) is -5.04. The Morgan fingerprint density at radius 3 is 1.95 bits per heavy atom. The number of alkyl halides is 9. The first kappa shape index (κ1) is 18.3. The van der Waals surface area contributed by atoms with Crippen molar-refractivity contribution in [3.63, 3.8) is 0 Å². The van der Waals surface area contributed by atoms with E-state index in [0.29, 0.717) is 0 Å². The molecule has 3 amide bonds. The van der Waals surface area contributed by atoms with Crippen LogP contribution in [0.1, 0.15) is 0 Å². The molecular formula is C8H5F9N2O3. The maximum absolute atomic E-state index is 13.8. The molecule has 0 aliphatic carbocycles. The SMILES string of the molecule is O=C1NC(=O)[C@](F)(C(F)(F)F)[C@@H](OCC(F)(F)C(F)(F)F)N1. The maximum Gasteiger partial charge on any atom is 0.455 e. The summed E-state index contributed by atoms with van der Waals surface area (Å²) in [7, 11) is 0. The second-order valence-corrected chi connectivity index (χ2v) is 4.03. The van der Waals surface area contributed by atoms with Crippen LogP contribution in [0.25, 0.3) is 0 Å². The molecule has 1 saturated heterocycles. The lowest BCUT2D eigenvalue weighted by Gasteiger charge is -2.37. The summed E-state index contributed by atoms with van der Waals surface area (Å²) in [6.07, 6.45) is -15.7. The lowest BCUT2D eigenvalue weighted by atomic mass is 10.0. The van der Waals surface area contributed by atoms with Crippen molar-refractivity contribution in [3.05, 3.63) is 0 Å². The van der Waals surface area contributed by atoms with Gasteiger partial charge < -0.3 is 10.1 Å². The van der Waals surface area contributed by atoms with Gasteiger partial charge in [0.05, 0.1) is 0 Å². The minimum atomic E-state index is -6.19. The van der Waals surface area contributed by atoms with Gasteiger partial charge in [0.15, 0.2) is 6.23 Å². The fourth-order valence-electron chi connectivity index (χ4n) is 1.27. The third-order valence-corrected chi connectivity index (χ3v) is 2.44. The number of hydrogen-bond donors (Lipinski definition) is 2. The van der Waals surface area contributed by atoms with Gasteiger partial charge in [0.25, 0.3) is 5.91 Å². The van der Waals surface area contributed by atoms with Crippen molar-refractivity contribution in [1.82, 2.24) is 10.6 Å². The highest BCUT2D eigenvalue weighted by molar-refractivity contribution is 6.02. The zero-order chi connectivity index (χ0) is 17.6. The van der Waals surface area contributed by atoms with Gasteiger partial charge in [-0.1, -0.05) is 0 Å². The molecule has 0 saturated carbocycles. The van der Waals surface area contributed by atoms with Gasteiger partial charge in [0.2, 0.25) is 0 Å². The van der Waals surface area contributed by atoms with Crippen molar-refractivity contribution >= 4 is 11.9 Å². The molecule has 2 atom stereocenters. The van der Waals surface area contributed by atoms with E-state index in [2.05, 4.69) is 4.74 Å². The monoisotopic (exact) mass is 348 g/mol. The molecular weight excluding hydrogens is 343 g/mol. The van der Waals surface area contributed by atoms with Gasteiger partial charge in [0, 0.05) is 0 Å². The summed E-state index contributed by atoms with van der Waals surface area (Å²) in [6.45, 7) is -2.74. The van der Waals surface area contributed by atoms with Crippen molar-refractivity contribution in [2.45, 2.75) is 30.2 Å². The smallest absolute Gasteiger partial charge is 0.347 e. The molecule has 1 aliphatic rings. The average molecular weight is 348 g/mol. The molecule has 128 valence electrons. The molecule has 0 unspecified atom stereocenters. The van der Waals surface area contributed by atoms with Crippen molar-refractivity contribution in [3.8, 4) is 0 Å². The van der Waals surface area contributed by atoms with E-state index in [1.165, 1.54) is 0 Å².